The highest BCUT2D eigenvalue weighted by Crippen LogP contribution is 2.23. The number of aromatic amines is 1. The van der Waals surface area contributed by atoms with Crippen LogP contribution in [0.15, 0.2) is 24.3 Å². The predicted octanol–water partition coefficient (Wildman–Crippen LogP) is 2.84. The van der Waals surface area contributed by atoms with Gasteiger partial charge < -0.3 is 10.3 Å². The van der Waals surface area contributed by atoms with Gasteiger partial charge in [0.2, 0.25) is 0 Å². The standard InChI is InChI=1S/C14H19N3/c1-2-6-11(5-1)9-15-10-14-16-12-7-3-4-8-13(12)17-14/h3-4,7-8,11,15H,1-2,5-6,9-10H2,(H,16,17). The zero-order valence-electron chi connectivity index (χ0n) is 10.1. The molecule has 0 radical (unpaired) electrons. The Morgan fingerprint density at radius 1 is 1.24 bits per heavy atom. The van der Waals surface area contributed by atoms with Crippen LogP contribution in [0.5, 0.6) is 0 Å². The minimum Gasteiger partial charge on any atom is -0.341 e. The van der Waals surface area contributed by atoms with Gasteiger partial charge in [0.25, 0.3) is 0 Å². The number of hydrogen-bond donors (Lipinski definition) is 2. The highest BCUT2D eigenvalue weighted by molar-refractivity contribution is 5.74. The van der Waals surface area contributed by atoms with Crippen LogP contribution in [0.1, 0.15) is 31.5 Å². The average molecular weight is 229 g/mol. The first-order chi connectivity index (χ1) is 8.42. The minimum atomic E-state index is 0.852. The van der Waals surface area contributed by atoms with Gasteiger partial charge in [0, 0.05) is 0 Å². The van der Waals surface area contributed by atoms with Crippen LogP contribution >= 0.6 is 0 Å². The smallest absolute Gasteiger partial charge is 0.121 e. The highest BCUT2D eigenvalue weighted by Gasteiger charge is 2.14. The van der Waals surface area contributed by atoms with E-state index in [-0.39, 0.29) is 0 Å². The van der Waals surface area contributed by atoms with Crippen molar-refractivity contribution >= 4 is 11.0 Å². The van der Waals surface area contributed by atoms with Gasteiger partial charge in [0.15, 0.2) is 0 Å². The summed E-state index contributed by atoms with van der Waals surface area (Å²) in [6.07, 6.45) is 5.62. The molecule has 0 bridgehead atoms. The van der Waals surface area contributed by atoms with Gasteiger partial charge in [-0.1, -0.05) is 25.0 Å². The molecule has 0 spiro atoms. The van der Waals surface area contributed by atoms with Crippen molar-refractivity contribution in [2.45, 2.75) is 32.2 Å². The number of nitrogens with zero attached hydrogens (tertiary/aromatic N) is 1. The van der Waals surface area contributed by atoms with E-state index in [1.54, 1.807) is 0 Å². The molecular formula is C14H19N3. The lowest BCUT2D eigenvalue weighted by molar-refractivity contribution is 0.485. The summed E-state index contributed by atoms with van der Waals surface area (Å²) in [6, 6.07) is 8.18. The molecule has 0 saturated heterocycles. The zero-order chi connectivity index (χ0) is 11.5. The fourth-order valence-corrected chi connectivity index (χ4v) is 2.70. The number of fused-ring (bicyclic) bond motifs is 1. The monoisotopic (exact) mass is 229 g/mol. The van der Waals surface area contributed by atoms with E-state index >= 15 is 0 Å². The quantitative estimate of drug-likeness (QED) is 0.846. The van der Waals surface area contributed by atoms with Gasteiger partial charge in [-0.2, -0.15) is 0 Å². The number of aromatic nitrogens is 2. The van der Waals surface area contributed by atoms with Crippen molar-refractivity contribution in [3.05, 3.63) is 30.1 Å². The zero-order valence-corrected chi connectivity index (χ0v) is 10.1. The number of rotatable bonds is 4. The number of nitrogens with one attached hydrogen (secondary N) is 2. The lowest BCUT2D eigenvalue weighted by atomic mass is 10.1. The van der Waals surface area contributed by atoms with Gasteiger partial charge in [-0.25, -0.2) is 4.98 Å². The molecule has 90 valence electrons. The van der Waals surface area contributed by atoms with Gasteiger partial charge >= 0.3 is 0 Å². The van der Waals surface area contributed by atoms with Crippen LogP contribution in [0.4, 0.5) is 0 Å². The number of H-pyrrole nitrogens is 1. The lowest BCUT2D eigenvalue weighted by Crippen LogP contribution is -2.21. The second kappa shape index (κ2) is 4.88. The van der Waals surface area contributed by atoms with Crippen molar-refractivity contribution in [2.24, 2.45) is 5.92 Å². The molecule has 1 aliphatic carbocycles. The minimum absolute atomic E-state index is 0.852. The Bertz CT molecular complexity index is 450. The molecule has 0 aliphatic heterocycles. The van der Waals surface area contributed by atoms with Crippen molar-refractivity contribution in [1.82, 2.24) is 15.3 Å². The Hall–Kier alpha value is -1.35. The Labute approximate surface area is 102 Å². The molecule has 1 fully saturated rings. The third kappa shape index (κ3) is 2.50. The molecule has 2 aromatic rings. The molecule has 0 unspecified atom stereocenters. The van der Waals surface area contributed by atoms with Crippen molar-refractivity contribution in [3.63, 3.8) is 0 Å². The second-order valence-corrected chi connectivity index (χ2v) is 4.98. The number of para-hydroxylation sites is 2. The van der Waals surface area contributed by atoms with E-state index in [1.165, 1.54) is 25.7 Å². The summed E-state index contributed by atoms with van der Waals surface area (Å²) in [4.78, 5) is 7.91. The van der Waals surface area contributed by atoms with Gasteiger partial charge in [-0.05, 0) is 37.4 Å². The molecule has 3 nitrogen and oxygen atoms in total. The third-order valence-electron chi connectivity index (χ3n) is 3.64. The predicted molar refractivity (Wildman–Crippen MR) is 69.8 cm³/mol. The van der Waals surface area contributed by atoms with E-state index in [0.717, 1.165) is 35.9 Å². The first-order valence-electron chi connectivity index (χ1n) is 6.56. The fourth-order valence-electron chi connectivity index (χ4n) is 2.70. The van der Waals surface area contributed by atoms with E-state index in [1.807, 2.05) is 18.2 Å². The molecule has 1 aromatic heterocycles. The van der Waals surface area contributed by atoms with Crippen LogP contribution in [0.25, 0.3) is 11.0 Å². The van der Waals surface area contributed by atoms with Crippen molar-refractivity contribution in [2.75, 3.05) is 6.54 Å². The SMILES string of the molecule is c1ccc2[nH]c(CNCC3CCCC3)nc2c1. The van der Waals surface area contributed by atoms with E-state index in [9.17, 15) is 0 Å². The molecule has 0 amide bonds. The molecule has 1 aromatic carbocycles. The van der Waals surface area contributed by atoms with Gasteiger partial charge in [0.05, 0.1) is 17.6 Å². The summed E-state index contributed by atoms with van der Waals surface area (Å²) in [7, 11) is 0. The van der Waals surface area contributed by atoms with Gasteiger partial charge in [-0.3, -0.25) is 0 Å². The number of hydrogen-bond acceptors (Lipinski definition) is 2. The third-order valence-corrected chi connectivity index (χ3v) is 3.64. The summed E-state index contributed by atoms with van der Waals surface area (Å²) >= 11 is 0. The summed E-state index contributed by atoms with van der Waals surface area (Å²) in [6.45, 7) is 1.99. The second-order valence-electron chi connectivity index (χ2n) is 4.98. The lowest BCUT2D eigenvalue weighted by Gasteiger charge is -2.08. The molecule has 1 heterocycles. The Balaban J connectivity index is 1.57. The topological polar surface area (TPSA) is 40.7 Å². The first kappa shape index (κ1) is 10.8. The van der Waals surface area contributed by atoms with E-state index in [4.69, 9.17) is 0 Å². The maximum Gasteiger partial charge on any atom is 0.121 e. The number of imidazole rings is 1. The van der Waals surface area contributed by atoms with Crippen LogP contribution in [0.3, 0.4) is 0 Å². The molecule has 17 heavy (non-hydrogen) atoms. The van der Waals surface area contributed by atoms with Crippen LogP contribution in [-0.4, -0.2) is 16.5 Å². The fraction of sp³-hybridized carbons (Fsp3) is 0.500. The normalized spacial score (nSPS) is 16.9. The Morgan fingerprint density at radius 2 is 2.06 bits per heavy atom. The molecule has 3 heteroatoms. The molecular weight excluding hydrogens is 210 g/mol. The molecule has 1 aliphatic rings. The van der Waals surface area contributed by atoms with Crippen LogP contribution in [0, 0.1) is 5.92 Å². The maximum absolute atomic E-state index is 4.56. The maximum atomic E-state index is 4.56. The van der Waals surface area contributed by atoms with E-state index in [2.05, 4.69) is 21.4 Å². The molecule has 1 saturated carbocycles. The van der Waals surface area contributed by atoms with Crippen LogP contribution < -0.4 is 5.32 Å². The molecule has 2 N–H and O–H groups in total. The van der Waals surface area contributed by atoms with Crippen molar-refractivity contribution < 1.29 is 0 Å². The summed E-state index contributed by atoms with van der Waals surface area (Å²) < 4.78 is 0. The largest absolute Gasteiger partial charge is 0.341 e. The Kier molecular flexibility index (Phi) is 3.10. The first-order valence-corrected chi connectivity index (χ1v) is 6.56. The summed E-state index contributed by atoms with van der Waals surface area (Å²) in [5.74, 6) is 1.93. The summed E-state index contributed by atoms with van der Waals surface area (Å²) in [5.41, 5.74) is 2.19. The summed E-state index contributed by atoms with van der Waals surface area (Å²) in [5, 5.41) is 3.51. The van der Waals surface area contributed by atoms with Crippen LogP contribution in [0.2, 0.25) is 0 Å². The number of benzene rings is 1. The van der Waals surface area contributed by atoms with E-state index in [0.29, 0.717) is 0 Å². The highest BCUT2D eigenvalue weighted by atomic mass is 15.0. The van der Waals surface area contributed by atoms with Crippen molar-refractivity contribution in [3.8, 4) is 0 Å². The average Bonchev–Trinajstić information content (AvgIpc) is 2.96. The molecule has 3 rings (SSSR count). The Morgan fingerprint density at radius 3 is 2.88 bits per heavy atom. The van der Waals surface area contributed by atoms with Crippen LogP contribution in [-0.2, 0) is 6.54 Å². The van der Waals surface area contributed by atoms with Crippen molar-refractivity contribution in [1.29, 1.82) is 0 Å². The molecule has 0 atom stereocenters. The van der Waals surface area contributed by atoms with Gasteiger partial charge in [0.1, 0.15) is 5.82 Å². The van der Waals surface area contributed by atoms with E-state index < -0.39 is 0 Å². The van der Waals surface area contributed by atoms with Gasteiger partial charge in [-0.15, -0.1) is 0 Å².